The minimum atomic E-state index is -0.538. The largest absolute Gasteiger partial charge is 0.505 e. The average molecular weight is 210 g/mol. The molecule has 0 fully saturated rings. The van der Waals surface area contributed by atoms with Gasteiger partial charge in [0.15, 0.2) is 11.6 Å². The van der Waals surface area contributed by atoms with E-state index in [-0.39, 0.29) is 17.1 Å². The number of phenolic OH excluding ortho intramolecular Hbond substituents is 1. The zero-order valence-corrected chi connectivity index (χ0v) is 10.1. The highest BCUT2D eigenvalue weighted by molar-refractivity contribution is 5.41. The van der Waals surface area contributed by atoms with Gasteiger partial charge in [0.2, 0.25) is 0 Å². The lowest BCUT2D eigenvalue weighted by molar-refractivity contribution is 0.427. The molecule has 0 bridgehead atoms. The van der Waals surface area contributed by atoms with Crippen LogP contribution < -0.4 is 0 Å². The predicted molar refractivity (Wildman–Crippen MR) is 60.9 cm³/mol. The van der Waals surface area contributed by atoms with E-state index in [4.69, 9.17) is 0 Å². The summed E-state index contributed by atoms with van der Waals surface area (Å²) in [5, 5.41) is 9.36. The summed E-state index contributed by atoms with van der Waals surface area (Å²) < 4.78 is 13.3. The molecule has 15 heavy (non-hydrogen) atoms. The molecule has 0 atom stereocenters. The Labute approximate surface area is 90.9 Å². The molecular weight excluding hydrogens is 191 g/mol. The van der Waals surface area contributed by atoms with Crippen LogP contribution in [0.4, 0.5) is 4.39 Å². The summed E-state index contributed by atoms with van der Waals surface area (Å²) in [7, 11) is 0. The fourth-order valence-corrected chi connectivity index (χ4v) is 1.71. The number of aromatic hydroxyl groups is 1. The maximum absolute atomic E-state index is 13.3. The third-order valence-electron chi connectivity index (χ3n) is 2.55. The van der Waals surface area contributed by atoms with E-state index in [0.717, 1.165) is 11.1 Å². The molecule has 0 heterocycles. The Morgan fingerprint density at radius 1 is 1.20 bits per heavy atom. The Kier molecular flexibility index (Phi) is 3.08. The third kappa shape index (κ3) is 2.49. The molecule has 0 saturated heterocycles. The van der Waals surface area contributed by atoms with Gasteiger partial charge >= 0.3 is 0 Å². The number of rotatable bonds is 1. The van der Waals surface area contributed by atoms with Crippen LogP contribution in [0.15, 0.2) is 12.1 Å². The number of benzene rings is 1. The molecule has 0 unspecified atom stereocenters. The van der Waals surface area contributed by atoms with Crippen LogP contribution >= 0.6 is 0 Å². The summed E-state index contributed by atoms with van der Waals surface area (Å²) in [5.74, 6) is -0.512. The second kappa shape index (κ2) is 3.84. The normalized spacial score (nSPS) is 12.2. The standard InChI is InChI=1S/C13H19FO/c1-8(2)9-6-12(15)11(14)7-10(9)13(3,4)5/h6-8,15H,1-5H3. The van der Waals surface area contributed by atoms with E-state index >= 15 is 0 Å². The summed E-state index contributed by atoms with van der Waals surface area (Å²) in [6, 6.07) is 2.99. The summed E-state index contributed by atoms with van der Waals surface area (Å²) in [4.78, 5) is 0. The molecule has 1 aromatic rings. The van der Waals surface area contributed by atoms with Crippen LogP contribution in [0.25, 0.3) is 0 Å². The van der Waals surface area contributed by atoms with E-state index < -0.39 is 5.82 Å². The monoisotopic (exact) mass is 210 g/mol. The summed E-state index contributed by atoms with van der Waals surface area (Å²) in [6.07, 6.45) is 0. The van der Waals surface area contributed by atoms with Crippen molar-refractivity contribution in [1.29, 1.82) is 0 Å². The van der Waals surface area contributed by atoms with E-state index in [1.54, 1.807) is 6.07 Å². The Hall–Kier alpha value is -1.05. The van der Waals surface area contributed by atoms with E-state index in [2.05, 4.69) is 0 Å². The van der Waals surface area contributed by atoms with Gasteiger partial charge in [-0.3, -0.25) is 0 Å². The third-order valence-corrected chi connectivity index (χ3v) is 2.55. The lowest BCUT2D eigenvalue weighted by Crippen LogP contribution is -2.15. The highest BCUT2D eigenvalue weighted by Gasteiger charge is 2.21. The molecular formula is C13H19FO. The summed E-state index contributed by atoms with van der Waals surface area (Å²) in [6.45, 7) is 10.2. The lowest BCUT2D eigenvalue weighted by atomic mass is 9.80. The highest BCUT2D eigenvalue weighted by atomic mass is 19.1. The second-order valence-electron chi connectivity index (χ2n) is 5.30. The number of halogens is 1. The van der Waals surface area contributed by atoms with Gasteiger partial charge in [0, 0.05) is 0 Å². The van der Waals surface area contributed by atoms with Crippen LogP contribution in [0.5, 0.6) is 5.75 Å². The van der Waals surface area contributed by atoms with Crippen molar-refractivity contribution >= 4 is 0 Å². The van der Waals surface area contributed by atoms with Crippen molar-refractivity contribution in [2.45, 2.75) is 46.0 Å². The molecule has 0 radical (unpaired) electrons. The van der Waals surface area contributed by atoms with Crippen LogP contribution in [0.1, 0.15) is 51.7 Å². The molecule has 0 saturated carbocycles. The molecule has 0 aromatic heterocycles. The SMILES string of the molecule is CC(C)c1cc(O)c(F)cc1C(C)(C)C. The lowest BCUT2D eigenvalue weighted by Gasteiger charge is -2.25. The van der Waals surface area contributed by atoms with E-state index in [1.165, 1.54) is 6.07 Å². The average Bonchev–Trinajstić information content (AvgIpc) is 2.06. The van der Waals surface area contributed by atoms with Crippen LogP contribution in [0.3, 0.4) is 0 Å². The molecule has 2 heteroatoms. The topological polar surface area (TPSA) is 20.2 Å². The molecule has 1 rings (SSSR count). The number of hydrogen-bond donors (Lipinski definition) is 1. The van der Waals surface area contributed by atoms with Gasteiger partial charge < -0.3 is 5.11 Å². The van der Waals surface area contributed by atoms with Gasteiger partial charge in [0.25, 0.3) is 0 Å². The minimum Gasteiger partial charge on any atom is -0.505 e. The number of phenols is 1. The van der Waals surface area contributed by atoms with Crippen molar-refractivity contribution in [3.05, 3.63) is 29.1 Å². The Bertz CT molecular complexity index is 362. The molecule has 1 aromatic carbocycles. The fraction of sp³-hybridized carbons (Fsp3) is 0.538. The zero-order chi connectivity index (χ0) is 11.8. The van der Waals surface area contributed by atoms with Gasteiger partial charge in [0.1, 0.15) is 0 Å². The molecule has 1 nitrogen and oxygen atoms in total. The molecule has 0 amide bonds. The Morgan fingerprint density at radius 2 is 1.73 bits per heavy atom. The van der Waals surface area contributed by atoms with Crippen molar-refractivity contribution < 1.29 is 9.50 Å². The van der Waals surface area contributed by atoms with Gasteiger partial charge in [-0.05, 0) is 34.6 Å². The molecule has 0 aliphatic carbocycles. The molecule has 0 aliphatic rings. The van der Waals surface area contributed by atoms with E-state index in [9.17, 15) is 9.50 Å². The minimum absolute atomic E-state index is 0.103. The first-order chi connectivity index (χ1) is 6.73. The molecule has 1 N–H and O–H groups in total. The van der Waals surface area contributed by atoms with Gasteiger partial charge in [-0.15, -0.1) is 0 Å². The van der Waals surface area contributed by atoms with Crippen LogP contribution in [0, 0.1) is 5.82 Å². The van der Waals surface area contributed by atoms with Gasteiger partial charge in [-0.25, -0.2) is 4.39 Å². The van der Waals surface area contributed by atoms with E-state index in [1.807, 2.05) is 34.6 Å². The highest BCUT2D eigenvalue weighted by Crippen LogP contribution is 2.34. The van der Waals surface area contributed by atoms with Crippen molar-refractivity contribution in [1.82, 2.24) is 0 Å². The first-order valence-electron chi connectivity index (χ1n) is 5.26. The molecule has 84 valence electrons. The first kappa shape index (κ1) is 12.0. The molecule has 0 aliphatic heterocycles. The summed E-state index contributed by atoms with van der Waals surface area (Å²) in [5.41, 5.74) is 1.88. The summed E-state index contributed by atoms with van der Waals surface area (Å²) >= 11 is 0. The van der Waals surface area contributed by atoms with Crippen molar-refractivity contribution in [2.75, 3.05) is 0 Å². The maximum atomic E-state index is 13.3. The second-order valence-corrected chi connectivity index (χ2v) is 5.30. The zero-order valence-electron chi connectivity index (χ0n) is 10.1. The van der Waals surface area contributed by atoms with Crippen molar-refractivity contribution in [3.63, 3.8) is 0 Å². The Balaban J connectivity index is 3.42. The van der Waals surface area contributed by atoms with Crippen LogP contribution in [-0.2, 0) is 5.41 Å². The number of hydrogen-bond acceptors (Lipinski definition) is 1. The quantitative estimate of drug-likeness (QED) is 0.744. The van der Waals surface area contributed by atoms with Crippen LogP contribution in [0.2, 0.25) is 0 Å². The van der Waals surface area contributed by atoms with Gasteiger partial charge in [-0.1, -0.05) is 34.6 Å². The smallest absolute Gasteiger partial charge is 0.165 e. The maximum Gasteiger partial charge on any atom is 0.165 e. The van der Waals surface area contributed by atoms with Crippen molar-refractivity contribution in [3.8, 4) is 5.75 Å². The van der Waals surface area contributed by atoms with E-state index in [0.29, 0.717) is 0 Å². The fourth-order valence-electron chi connectivity index (χ4n) is 1.71. The first-order valence-corrected chi connectivity index (χ1v) is 5.26. The van der Waals surface area contributed by atoms with Crippen molar-refractivity contribution in [2.24, 2.45) is 0 Å². The van der Waals surface area contributed by atoms with Gasteiger partial charge in [0.05, 0.1) is 0 Å². The molecule has 0 spiro atoms. The van der Waals surface area contributed by atoms with Gasteiger partial charge in [-0.2, -0.15) is 0 Å². The Morgan fingerprint density at radius 3 is 2.13 bits per heavy atom. The van der Waals surface area contributed by atoms with Crippen LogP contribution in [-0.4, -0.2) is 5.11 Å². The predicted octanol–water partition coefficient (Wildman–Crippen LogP) is 3.95.